The second-order valence-corrected chi connectivity index (χ2v) is 4.39. The molecule has 0 fully saturated rings. The molecule has 0 aliphatic carbocycles. The molecule has 0 saturated heterocycles. The van der Waals surface area contributed by atoms with Crippen LogP contribution in [0, 0.1) is 11.6 Å². The lowest BCUT2D eigenvalue weighted by atomic mass is 10.1. The normalized spacial score (nSPS) is 12.2. The van der Waals surface area contributed by atoms with Gasteiger partial charge in [-0.15, -0.1) is 0 Å². The van der Waals surface area contributed by atoms with E-state index in [0.717, 1.165) is 5.56 Å². The zero-order chi connectivity index (χ0) is 13.8. The lowest BCUT2D eigenvalue weighted by Crippen LogP contribution is -2.08. The minimum atomic E-state index is -0.390. The molecule has 2 aromatic rings. The lowest BCUT2D eigenvalue weighted by Gasteiger charge is -2.14. The van der Waals surface area contributed by atoms with Crippen LogP contribution in [0.3, 0.4) is 0 Å². The molecule has 0 spiro atoms. The molecule has 0 saturated carbocycles. The molecule has 0 radical (unpaired) electrons. The van der Waals surface area contributed by atoms with Crippen LogP contribution in [0.5, 0.6) is 5.75 Å². The van der Waals surface area contributed by atoms with Crippen molar-refractivity contribution in [1.29, 1.82) is 0 Å². The summed E-state index contributed by atoms with van der Waals surface area (Å²) < 4.78 is 31.8. The van der Waals surface area contributed by atoms with E-state index in [-0.39, 0.29) is 18.5 Å². The highest BCUT2D eigenvalue weighted by Gasteiger charge is 2.09. The number of rotatable bonds is 4. The summed E-state index contributed by atoms with van der Waals surface area (Å²) in [4.78, 5) is 0. The number of ether oxygens (including phenoxy) is 1. The summed E-state index contributed by atoms with van der Waals surface area (Å²) in [7, 11) is 0. The molecule has 0 unspecified atom stereocenters. The molecule has 0 bridgehead atoms. The maximum absolute atomic E-state index is 13.2. The molecule has 0 heterocycles. The Hall–Kier alpha value is -1.94. The third-order valence-corrected chi connectivity index (χ3v) is 2.75. The van der Waals surface area contributed by atoms with Crippen molar-refractivity contribution in [2.24, 2.45) is 5.73 Å². The summed E-state index contributed by atoms with van der Waals surface area (Å²) in [6.45, 7) is 1.96. The van der Waals surface area contributed by atoms with Crippen molar-refractivity contribution in [2.45, 2.75) is 19.6 Å². The molecule has 0 aromatic heterocycles. The molecule has 0 amide bonds. The van der Waals surface area contributed by atoms with Crippen molar-refractivity contribution in [3.63, 3.8) is 0 Å². The van der Waals surface area contributed by atoms with Crippen molar-refractivity contribution >= 4 is 0 Å². The van der Waals surface area contributed by atoms with Gasteiger partial charge >= 0.3 is 0 Å². The third-order valence-electron chi connectivity index (χ3n) is 2.75. The van der Waals surface area contributed by atoms with Gasteiger partial charge in [0.1, 0.15) is 24.0 Å². The topological polar surface area (TPSA) is 35.2 Å². The average Bonchev–Trinajstić information content (AvgIpc) is 2.36. The van der Waals surface area contributed by atoms with Gasteiger partial charge in [0, 0.05) is 17.7 Å². The van der Waals surface area contributed by atoms with Crippen molar-refractivity contribution in [1.82, 2.24) is 0 Å². The van der Waals surface area contributed by atoms with E-state index >= 15 is 0 Å². The average molecular weight is 263 g/mol. The van der Waals surface area contributed by atoms with Crippen LogP contribution in [0.4, 0.5) is 8.78 Å². The van der Waals surface area contributed by atoms with E-state index < -0.39 is 5.82 Å². The van der Waals surface area contributed by atoms with Gasteiger partial charge < -0.3 is 10.5 Å². The van der Waals surface area contributed by atoms with E-state index in [1.165, 1.54) is 24.3 Å². The predicted molar refractivity (Wildman–Crippen MR) is 69.7 cm³/mol. The highest BCUT2D eigenvalue weighted by atomic mass is 19.1. The zero-order valence-corrected chi connectivity index (χ0v) is 10.6. The van der Waals surface area contributed by atoms with Gasteiger partial charge in [-0.2, -0.15) is 0 Å². The second-order valence-electron chi connectivity index (χ2n) is 4.39. The summed E-state index contributed by atoms with van der Waals surface area (Å²) in [5.41, 5.74) is 7.20. The number of hydrogen-bond donors (Lipinski definition) is 1. The molecule has 0 aliphatic heterocycles. The molecule has 0 aliphatic rings. The van der Waals surface area contributed by atoms with Gasteiger partial charge in [-0.3, -0.25) is 0 Å². The monoisotopic (exact) mass is 263 g/mol. The van der Waals surface area contributed by atoms with Gasteiger partial charge in [-0.25, -0.2) is 8.78 Å². The first-order chi connectivity index (χ1) is 9.06. The summed E-state index contributed by atoms with van der Waals surface area (Å²) in [6, 6.07) is 10.1. The van der Waals surface area contributed by atoms with Crippen molar-refractivity contribution in [3.8, 4) is 5.75 Å². The van der Waals surface area contributed by atoms with Crippen LogP contribution >= 0.6 is 0 Å². The van der Waals surface area contributed by atoms with Gasteiger partial charge in [-0.1, -0.05) is 18.2 Å². The Labute approximate surface area is 110 Å². The highest BCUT2D eigenvalue weighted by Crippen LogP contribution is 2.25. The fourth-order valence-electron chi connectivity index (χ4n) is 1.80. The zero-order valence-electron chi connectivity index (χ0n) is 10.6. The Morgan fingerprint density at radius 1 is 1.11 bits per heavy atom. The first kappa shape index (κ1) is 13.5. The Morgan fingerprint density at radius 3 is 2.53 bits per heavy atom. The largest absolute Gasteiger partial charge is 0.488 e. The minimum absolute atomic E-state index is 0.168. The third kappa shape index (κ3) is 3.51. The molecule has 19 heavy (non-hydrogen) atoms. The second kappa shape index (κ2) is 5.80. The van der Waals surface area contributed by atoms with Gasteiger partial charge in [-0.05, 0) is 30.7 Å². The van der Waals surface area contributed by atoms with E-state index in [4.69, 9.17) is 10.5 Å². The van der Waals surface area contributed by atoms with E-state index in [2.05, 4.69) is 0 Å². The quantitative estimate of drug-likeness (QED) is 0.915. The molecular weight excluding hydrogens is 248 g/mol. The van der Waals surface area contributed by atoms with Gasteiger partial charge in [0.15, 0.2) is 0 Å². The maximum Gasteiger partial charge on any atom is 0.127 e. The number of nitrogens with two attached hydrogens (primary N) is 1. The molecule has 2 rings (SSSR count). The number of halogens is 2. The Balaban J connectivity index is 2.17. The summed E-state index contributed by atoms with van der Waals surface area (Å²) in [6.07, 6.45) is 0. The smallest absolute Gasteiger partial charge is 0.127 e. The maximum atomic E-state index is 13.2. The molecule has 2 N–H and O–H groups in total. The first-order valence-electron chi connectivity index (χ1n) is 5.98. The predicted octanol–water partition coefficient (Wildman–Crippen LogP) is 3.56. The Bertz CT molecular complexity index is 570. The summed E-state index contributed by atoms with van der Waals surface area (Å²) in [5, 5.41) is 0. The van der Waals surface area contributed by atoms with Crippen LogP contribution in [0.1, 0.15) is 24.1 Å². The van der Waals surface area contributed by atoms with E-state index in [0.29, 0.717) is 11.3 Å². The molecule has 100 valence electrons. The molecule has 4 heteroatoms. The van der Waals surface area contributed by atoms with Gasteiger partial charge in [0.2, 0.25) is 0 Å². The standard InChI is InChI=1S/C15H15F2NO/c1-10(18)14-6-5-13(17)8-15(14)19-9-11-3-2-4-12(16)7-11/h2-8,10H,9,18H2,1H3/t10-/m0/s1. The molecule has 2 aromatic carbocycles. The van der Waals surface area contributed by atoms with Crippen LogP contribution in [-0.2, 0) is 6.61 Å². The fourth-order valence-corrected chi connectivity index (χ4v) is 1.80. The van der Waals surface area contributed by atoms with Crippen LogP contribution in [-0.4, -0.2) is 0 Å². The van der Waals surface area contributed by atoms with Crippen molar-refractivity contribution in [3.05, 3.63) is 65.2 Å². The van der Waals surface area contributed by atoms with Gasteiger partial charge in [0.05, 0.1) is 0 Å². The molecule has 2 nitrogen and oxygen atoms in total. The highest BCUT2D eigenvalue weighted by molar-refractivity contribution is 5.36. The SMILES string of the molecule is C[C@H](N)c1ccc(F)cc1OCc1cccc(F)c1. The Morgan fingerprint density at radius 2 is 1.84 bits per heavy atom. The summed E-state index contributed by atoms with van der Waals surface area (Å²) in [5.74, 6) is -0.328. The summed E-state index contributed by atoms with van der Waals surface area (Å²) >= 11 is 0. The van der Waals surface area contributed by atoms with Crippen LogP contribution in [0.2, 0.25) is 0 Å². The van der Waals surface area contributed by atoms with Crippen LogP contribution in [0.15, 0.2) is 42.5 Å². The Kier molecular flexibility index (Phi) is 4.12. The van der Waals surface area contributed by atoms with E-state index in [1.807, 2.05) is 0 Å². The van der Waals surface area contributed by atoms with Gasteiger partial charge in [0.25, 0.3) is 0 Å². The van der Waals surface area contributed by atoms with Crippen LogP contribution in [0.25, 0.3) is 0 Å². The van der Waals surface area contributed by atoms with Crippen molar-refractivity contribution in [2.75, 3.05) is 0 Å². The fraction of sp³-hybridized carbons (Fsp3) is 0.200. The molecule has 1 atom stereocenters. The minimum Gasteiger partial charge on any atom is -0.488 e. The molecular formula is C15H15F2NO. The van der Waals surface area contributed by atoms with E-state index in [9.17, 15) is 8.78 Å². The van der Waals surface area contributed by atoms with Crippen LogP contribution < -0.4 is 10.5 Å². The number of benzene rings is 2. The van der Waals surface area contributed by atoms with Crippen molar-refractivity contribution < 1.29 is 13.5 Å². The lowest BCUT2D eigenvalue weighted by molar-refractivity contribution is 0.299. The van der Waals surface area contributed by atoms with E-state index in [1.54, 1.807) is 25.1 Å². The first-order valence-corrected chi connectivity index (χ1v) is 5.98. The number of hydrogen-bond acceptors (Lipinski definition) is 2.